The number of benzene rings is 2. The Hall–Kier alpha value is -3.81. The third-order valence-electron chi connectivity index (χ3n) is 6.10. The van der Waals surface area contributed by atoms with Crippen LogP contribution in [-0.2, 0) is 4.79 Å². The van der Waals surface area contributed by atoms with Gasteiger partial charge in [0.25, 0.3) is 5.56 Å². The molecule has 0 fully saturated rings. The van der Waals surface area contributed by atoms with Gasteiger partial charge in [-0.25, -0.2) is 4.52 Å². The predicted molar refractivity (Wildman–Crippen MR) is 125 cm³/mol. The number of nitrogens with zero attached hydrogens (tertiary/aromatic N) is 3. The van der Waals surface area contributed by atoms with Gasteiger partial charge in [0.05, 0.1) is 11.6 Å². The largest absolute Gasteiger partial charge is 0.486 e. The van der Waals surface area contributed by atoms with E-state index < -0.39 is 6.04 Å². The molecule has 1 N–H and O–H groups in total. The van der Waals surface area contributed by atoms with Gasteiger partial charge in [-0.1, -0.05) is 25.1 Å². The zero-order valence-electron chi connectivity index (χ0n) is 18.9. The maximum absolute atomic E-state index is 13.5. The number of nitrogens with one attached hydrogen (secondary N) is 1. The smallest absolute Gasteiger partial charge is 0.273 e. The number of para-hydroxylation sites is 1. The topological polar surface area (TPSA) is 86.9 Å². The summed E-state index contributed by atoms with van der Waals surface area (Å²) in [5, 5.41) is 3.99. The summed E-state index contributed by atoms with van der Waals surface area (Å²) in [7, 11) is 0. The first kappa shape index (κ1) is 21.1. The first-order chi connectivity index (χ1) is 16.0. The van der Waals surface area contributed by atoms with Gasteiger partial charge >= 0.3 is 0 Å². The third kappa shape index (κ3) is 3.61. The summed E-state index contributed by atoms with van der Waals surface area (Å²) in [6, 6.07) is 14.2. The van der Waals surface area contributed by atoms with Crippen LogP contribution in [0.5, 0.6) is 11.5 Å². The Morgan fingerprint density at radius 1 is 1.12 bits per heavy atom. The van der Waals surface area contributed by atoms with Crippen molar-refractivity contribution in [2.24, 2.45) is 0 Å². The van der Waals surface area contributed by atoms with E-state index in [0.29, 0.717) is 31.0 Å². The second-order valence-electron chi connectivity index (χ2n) is 8.29. The zero-order chi connectivity index (χ0) is 23.1. The molecule has 1 aliphatic heterocycles. The predicted octanol–water partition coefficient (Wildman–Crippen LogP) is 3.56. The number of carbonyl (C=O) groups excluding carboxylic acids is 1. The minimum atomic E-state index is -0.491. The molecule has 0 saturated carbocycles. The molecule has 0 radical (unpaired) electrons. The van der Waals surface area contributed by atoms with Crippen LogP contribution in [0.4, 0.5) is 0 Å². The first-order valence-electron chi connectivity index (χ1n) is 11.2. The molecular formula is C25H26N4O4. The Kier molecular flexibility index (Phi) is 5.28. The summed E-state index contributed by atoms with van der Waals surface area (Å²) < 4.78 is 15.1. The Balaban J connectivity index is 1.52. The molecule has 2 atom stereocenters. The molecule has 170 valence electrons. The van der Waals surface area contributed by atoms with Crippen LogP contribution in [0, 0.1) is 6.92 Å². The number of aryl methyl sites for hydroxylation is 1. The molecule has 0 spiro atoms. The van der Waals surface area contributed by atoms with E-state index in [1.54, 1.807) is 0 Å². The Morgan fingerprint density at radius 2 is 1.88 bits per heavy atom. The SMILES string of the molecule is CC[C@@H](C(=O)N[C@@H](C)c1ccc2c(c1)OCCO2)n1c2ccccc2c2nc(=O)cc(C)n21. The van der Waals surface area contributed by atoms with Crippen LogP contribution in [0.1, 0.15) is 43.6 Å². The molecule has 2 aromatic heterocycles. The second-order valence-corrected chi connectivity index (χ2v) is 8.29. The van der Waals surface area contributed by atoms with Crippen LogP contribution in [0.25, 0.3) is 16.6 Å². The van der Waals surface area contributed by atoms with Gasteiger partial charge in [0.1, 0.15) is 19.3 Å². The van der Waals surface area contributed by atoms with Crippen molar-refractivity contribution in [1.29, 1.82) is 0 Å². The van der Waals surface area contributed by atoms with E-state index in [1.165, 1.54) is 6.07 Å². The molecule has 4 aromatic rings. The number of carbonyl (C=O) groups is 1. The lowest BCUT2D eigenvalue weighted by Gasteiger charge is -2.24. The zero-order valence-corrected chi connectivity index (χ0v) is 18.9. The number of rotatable bonds is 5. The summed E-state index contributed by atoms with van der Waals surface area (Å²) in [4.78, 5) is 29.9. The molecule has 8 nitrogen and oxygen atoms in total. The van der Waals surface area contributed by atoms with Crippen molar-refractivity contribution in [2.75, 3.05) is 13.2 Å². The maximum atomic E-state index is 13.5. The normalized spacial score (nSPS) is 14.9. The molecule has 1 amide bonds. The number of ether oxygens (including phenoxy) is 2. The average molecular weight is 447 g/mol. The van der Waals surface area contributed by atoms with Crippen molar-refractivity contribution >= 4 is 22.5 Å². The number of aromatic nitrogens is 3. The highest BCUT2D eigenvalue weighted by Gasteiger charge is 2.26. The molecule has 8 heteroatoms. The van der Waals surface area contributed by atoms with Crippen molar-refractivity contribution in [3.63, 3.8) is 0 Å². The highest BCUT2D eigenvalue weighted by Crippen LogP contribution is 2.33. The van der Waals surface area contributed by atoms with Crippen molar-refractivity contribution in [3.8, 4) is 11.5 Å². The summed E-state index contributed by atoms with van der Waals surface area (Å²) in [6.45, 7) is 6.83. The molecule has 0 aliphatic carbocycles. The van der Waals surface area contributed by atoms with Gasteiger partial charge in [-0.05, 0) is 50.1 Å². The molecule has 0 unspecified atom stereocenters. The lowest BCUT2D eigenvalue weighted by molar-refractivity contribution is -0.125. The monoisotopic (exact) mass is 446 g/mol. The lowest BCUT2D eigenvalue weighted by atomic mass is 10.1. The number of amides is 1. The molecule has 0 bridgehead atoms. The van der Waals surface area contributed by atoms with Gasteiger partial charge in [0, 0.05) is 17.1 Å². The van der Waals surface area contributed by atoms with Gasteiger partial charge < -0.3 is 14.8 Å². The van der Waals surface area contributed by atoms with Crippen molar-refractivity contribution in [3.05, 3.63) is 70.1 Å². The van der Waals surface area contributed by atoms with Crippen LogP contribution in [0.2, 0.25) is 0 Å². The van der Waals surface area contributed by atoms with E-state index in [2.05, 4.69) is 10.3 Å². The van der Waals surface area contributed by atoms with Crippen LogP contribution in [0.15, 0.2) is 53.3 Å². The van der Waals surface area contributed by atoms with Crippen LogP contribution in [-0.4, -0.2) is 33.3 Å². The summed E-state index contributed by atoms with van der Waals surface area (Å²) >= 11 is 0. The molecule has 33 heavy (non-hydrogen) atoms. The Labute approximate surface area is 190 Å². The highest BCUT2D eigenvalue weighted by molar-refractivity contribution is 5.94. The first-order valence-corrected chi connectivity index (χ1v) is 11.2. The van der Waals surface area contributed by atoms with E-state index in [1.807, 2.05) is 72.4 Å². The second kappa shape index (κ2) is 8.27. The molecule has 2 aromatic carbocycles. The van der Waals surface area contributed by atoms with Gasteiger partial charge in [0.15, 0.2) is 17.1 Å². The van der Waals surface area contributed by atoms with Gasteiger partial charge in [0.2, 0.25) is 5.91 Å². The van der Waals surface area contributed by atoms with Crippen molar-refractivity contribution < 1.29 is 14.3 Å². The summed E-state index contributed by atoms with van der Waals surface area (Å²) in [5.74, 6) is 1.30. The van der Waals surface area contributed by atoms with E-state index in [9.17, 15) is 9.59 Å². The summed E-state index contributed by atoms with van der Waals surface area (Å²) in [6.07, 6.45) is 0.568. The Bertz CT molecular complexity index is 1420. The van der Waals surface area contributed by atoms with Crippen molar-refractivity contribution in [2.45, 2.75) is 39.3 Å². The fraction of sp³-hybridized carbons (Fsp3) is 0.320. The molecule has 5 rings (SSSR count). The lowest BCUT2D eigenvalue weighted by Crippen LogP contribution is -2.35. The molecule has 1 aliphatic rings. The molecule has 0 saturated heterocycles. The fourth-order valence-corrected chi connectivity index (χ4v) is 4.51. The average Bonchev–Trinajstić information content (AvgIpc) is 3.14. The van der Waals surface area contributed by atoms with Gasteiger partial charge in [-0.15, -0.1) is 0 Å². The van der Waals surface area contributed by atoms with Gasteiger partial charge in [-0.2, -0.15) is 4.98 Å². The molecule has 3 heterocycles. The van der Waals surface area contributed by atoms with E-state index in [4.69, 9.17) is 9.47 Å². The van der Waals surface area contributed by atoms with E-state index in [-0.39, 0.29) is 17.5 Å². The van der Waals surface area contributed by atoms with Gasteiger partial charge in [-0.3, -0.25) is 14.3 Å². The standard InChI is InChI=1S/C25H26N4O4/c1-4-19(25(31)26-16(3)17-9-10-21-22(14-17)33-12-11-32-21)29-20-8-6-5-7-18(20)24-27-23(30)13-15(2)28(24)29/h5-10,13-14,16,19H,4,11-12H2,1-3H3,(H,26,31)/t16-,19-/m0/s1. The number of hydrogen-bond donors (Lipinski definition) is 1. The quantitative estimate of drug-likeness (QED) is 0.507. The fourth-order valence-electron chi connectivity index (χ4n) is 4.51. The van der Waals surface area contributed by atoms with E-state index in [0.717, 1.165) is 27.9 Å². The molecular weight excluding hydrogens is 420 g/mol. The number of fused-ring (bicyclic) bond motifs is 4. The summed E-state index contributed by atoms with van der Waals surface area (Å²) in [5.41, 5.74) is 2.79. The number of hydrogen-bond acceptors (Lipinski definition) is 5. The van der Waals surface area contributed by atoms with Crippen LogP contribution < -0.4 is 20.3 Å². The van der Waals surface area contributed by atoms with Crippen molar-refractivity contribution in [1.82, 2.24) is 19.5 Å². The third-order valence-corrected chi connectivity index (χ3v) is 6.10. The Morgan fingerprint density at radius 3 is 2.67 bits per heavy atom. The van der Waals surface area contributed by atoms with Crippen LogP contribution in [0.3, 0.4) is 0 Å². The maximum Gasteiger partial charge on any atom is 0.273 e. The van der Waals surface area contributed by atoms with Crippen LogP contribution >= 0.6 is 0 Å². The minimum Gasteiger partial charge on any atom is -0.486 e. The minimum absolute atomic E-state index is 0.111. The highest BCUT2D eigenvalue weighted by atomic mass is 16.6. The van der Waals surface area contributed by atoms with E-state index >= 15 is 0 Å².